The molecule has 1 aliphatic heterocycles. The molecule has 0 aromatic rings. The van der Waals surface area contributed by atoms with Crippen LogP contribution in [0.5, 0.6) is 0 Å². The van der Waals surface area contributed by atoms with E-state index in [4.69, 9.17) is 9.47 Å². The Morgan fingerprint density at radius 2 is 1.88 bits per heavy atom. The van der Waals surface area contributed by atoms with Crippen molar-refractivity contribution in [3.8, 4) is 0 Å². The lowest BCUT2D eigenvalue weighted by Gasteiger charge is -2.06. The second-order valence-corrected chi connectivity index (χ2v) is 5.64. The molecule has 1 rings (SSSR count). The zero-order chi connectivity index (χ0) is 12.7. The molecule has 2 unspecified atom stereocenters. The van der Waals surface area contributed by atoms with E-state index in [-0.39, 0.29) is 17.9 Å². The Morgan fingerprint density at radius 1 is 1.18 bits per heavy atom. The van der Waals surface area contributed by atoms with Crippen molar-refractivity contribution in [3.63, 3.8) is 0 Å². The Balaban J connectivity index is 1.82. The van der Waals surface area contributed by atoms with Crippen LogP contribution in [0.4, 0.5) is 0 Å². The molecular weight excluding hydrogens is 236 g/mol. The van der Waals surface area contributed by atoms with Crippen molar-refractivity contribution >= 4 is 12.6 Å². The van der Waals surface area contributed by atoms with Gasteiger partial charge in [0.1, 0.15) is 0 Å². The Hall–Kier alpha value is 0.190. The number of rotatable bonds is 10. The summed E-state index contributed by atoms with van der Waals surface area (Å²) in [5, 5.41) is 6.71. The van der Waals surface area contributed by atoms with Gasteiger partial charge in [-0.15, -0.1) is 12.6 Å². The summed E-state index contributed by atoms with van der Waals surface area (Å²) < 4.78 is 10.8. The van der Waals surface area contributed by atoms with E-state index in [9.17, 15) is 0 Å². The molecule has 4 nitrogen and oxygen atoms in total. The summed E-state index contributed by atoms with van der Waals surface area (Å²) in [6, 6.07) is 0. The van der Waals surface area contributed by atoms with Gasteiger partial charge in [0.15, 0.2) is 12.5 Å². The lowest BCUT2D eigenvalue weighted by atomic mass is 10.2. The Bertz CT molecular complexity index is 203. The van der Waals surface area contributed by atoms with E-state index in [2.05, 4.69) is 37.1 Å². The van der Waals surface area contributed by atoms with E-state index in [0.29, 0.717) is 5.92 Å². The molecule has 2 N–H and O–H groups in total. The first-order valence-electron chi connectivity index (χ1n) is 6.51. The van der Waals surface area contributed by atoms with Gasteiger partial charge in [-0.05, 0) is 38.8 Å². The summed E-state index contributed by atoms with van der Waals surface area (Å²) >= 11 is 4.15. The minimum Gasteiger partial charge on any atom is -0.368 e. The highest BCUT2D eigenvalue weighted by molar-refractivity contribution is 7.80. The Kier molecular flexibility index (Phi) is 7.46. The molecule has 1 fully saturated rings. The molecule has 0 saturated carbocycles. The standard InChI is InChI=1S/C12H26N2O2S/c1-9(2)8-14-12-11(16-12)13-6-4-5-7-15-10(3)17/h9-14,17H,4-8H2,1-3H3/t10?,11?,12-/m0/s1. The van der Waals surface area contributed by atoms with Crippen LogP contribution in [-0.4, -0.2) is 37.6 Å². The first kappa shape index (κ1) is 15.2. The number of hydrogen-bond acceptors (Lipinski definition) is 5. The molecular formula is C12H26N2O2S. The molecule has 102 valence electrons. The maximum atomic E-state index is 5.45. The summed E-state index contributed by atoms with van der Waals surface area (Å²) in [6.07, 6.45) is 2.59. The molecule has 0 aliphatic carbocycles. The number of unbranched alkanes of at least 4 members (excludes halogenated alkanes) is 1. The van der Waals surface area contributed by atoms with Gasteiger partial charge in [0.25, 0.3) is 0 Å². The van der Waals surface area contributed by atoms with Crippen molar-refractivity contribution in [3.05, 3.63) is 0 Å². The van der Waals surface area contributed by atoms with Gasteiger partial charge < -0.3 is 9.47 Å². The number of nitrogens with one attached hydrogen (secondary N) is 2. The molecule has 17 heavy (non-hydrogen) atoms. The predicted molar refractivity (Wildman–Crippen MR) is 73.1 cm³/mol. The average Bonchev–Trinajstić information content (AvgIpc) is 2.98. The minimum absolute atomic E-state index is 0.0411. The third kappa shape index (κ3) is 8.00. The fraction of sp³-hybridized carbons (Fsp3) is 1.00. The van der Waals surface area contributed by atoms with Crippen molar-refractivity contribution < 1.29 is 9.47 Å². The molecule has 3 atom stereocenters. The number of thiol groups is 1. The van der Waals surface area contributed by atoms with Crippen molar-refractivity contribution in [2.24, 2.45) is 5.92 Å². The van der Waals surface area contributed by atoms with Gasteiger partial charge in [0, 0.05) is 6.61 Å². The molecule has 1 aliphatic rings. The molecule has 0 aromatic heterocycles. The summed E-state index contributed by atoms with van der Waals surface area (Å²) in [5.74, 6) is 0.667. The maximum Gasteiger partial charge on any atom is 0.150 e. The third-order valence-corrected chi connectivity index (χ3v) is 2.64. The minimum atomic E-state index is 0.0411. The van der Waals surface area contributed by atoms with Gasteiger partial charge in [-0.3, -0.25) is 10.6 Å². The van der Waals surface area contributed by atoms with Crippen LogP contribution in [-0.2, 0) is 9.47 Å². The first-order chi connectivity index (χ1) is 8.09. The summed E-state index contributed by atoms with van der Waals surface area (Å²) in [6.45, 7) is 9.10. The second-order valence-electron chi connectivity index (χ2n) is 4.91. The van der Waals surface area contributed by atoms with Crippen LogP contribution in [0.25, 0.3) is 0 Å². The normalized spacial score (nSPS) is 25.2. The fourth-order valence-electron chi connectivity index (χ4n) is 1.50. The maximum absolute atomic E-state index is 5.45. The predicted octanol–water partition coefficient (Wildman–Crippen LogP) is 1.58. The molecule has 1 heterocycles. The quantitative estimate of drug-likeness (QED) is 0.242. The fourth-order valence-corrected chi connectivity index (χ4v) is 1.61. The van der Waals surface area contributed by atoms with Crippen LogP contribution >= 0.6 is 12.6 Å². The van der Waals surface area contributed by atoms with Gasteiger partial charge in [0.05, 0.1) is 5.44 Å². The molecule has 0 radical (unpaired) electrons. The topological polar surface area (TPSA) is 45.8 Å². The zero-order valence-electron chi connectivity index (χ0n) is 11.1. The molecule has 0 bridgehead atoms. The SMILES string of the molecule is CC(C)CN[C@H]1OC1NCCCCOC(C)S. The van der Waals surface area contributed by atoms with Crippen LogP contribution in [0.2, 0.25) is 0 Å². The molecule has 0 spiro atoms. The van der Waals surface area contributed by atoms with Crippen molar-refractivity contribution in [2.45, 2.75) is 51.5 Å². The highest BCUT2D eigenvalue weighted by Gasteiger charge is 2.37. The van der Waals surface area contributed by atoms with E-state index < -0.39 is 0 Å². The van der Waals surface area contributed by atoms with Crippen LogP contribution in [0.1, 0.15) is 33.6 Å². The van der Waals surface area contributed by atoms with Gasteiger partial charge in [-0.25, -0.2) is 0 Å². The highest BCUT2D eigenvalue weighted by atomic mass is 32.1. The second kappa shape index (κ2) is 8.32. The van der Waals surface area contributed by atoms with E-state index in [0.717, 1.165) is 32.5 Å². The monoisotopic (exact) mass is 262 g/mol. The van der Waals surface area contributed by atoms with Gasteiger partial charge in [-0.1, -0.05) is 13.8 Å². The number of epoxide rings is 1. The van der Waals surface area contributed by atoms with Gasteiger partial charge in [0.2, 0.25) is 0 Å². The van der Waals surface area contributed by atoms with E-state index in [1.165, 1.54) is 0 Å². The van der Waals surface area contributed by atoms with Crippen LogP contribution < -0.4 is 10.6 Å². The van der Waals surface area contributed by atoms with Gasteiger partial charge >= 0.3 is 0 Å². The van der Waals surface area contributed by atoms with Crippen molar-refractivity contribution in [1.82, 2.24) is 10.6 Å². The third-order valence-electron chi connectivity index (χ3n) is 2.49. The summed E-state index contributed by atoms with van der Waals surface area (Å²) in [4.78, 5) is 0. The lowest BCUT2D eigenvalue weighted by molar-refractivity contribution is 0.121. The van der Waals surface area contributed by atoms with Gasteiger partial charge in [-0.2, -0.15) is 0 Å². The summed E-state index contributed by atoms with van der Waals surface area (Å²) in [5.41, 5.74) is 0.0411. The van der Waals surface area contributed by atoms with Crippen molar-refractivity contribution in [2.75, 3.05) is 19.7 Å². The van der Waals surface area contributed by atoms with E-state index in [1.807, 2.05) is 6.92 Å². The Morgan fingerprint density at radius 3 is 2.53 bits per heavy atom. The molecule has 1 saturated heterocycles. The Labute approximate surface area is 110 Å². The smallest absolute Gasteiger partial charge is 0.150 e. The lowest BCUT2D eigenvalue weighted by Crippen LogP contribution is -2.30. The zero-order valence-corrected chi connectivity index (χ0v) is 12.0. The highest BCUT2D eigenvalue weighted by Crippen LogP contribution is 2.16. The van der Waals surface area contributed by atoms with Crippen LogP contribution in [0, 0.1) is 5.92 Å². The number of hydrogen-bond donors (Lipinski definition) is 3. The largest absolute Gasteiger partial charge is 0.368 e. The van der Waals surface area contributed by atoms with E-state index >= 15 is 0 Å². The van der Waals surface area contributed by atoms with Crippen molar-refractivity contribution in [1.29, 1.82) is 0 Å². The summed E-state index contributed by atoms with van der Waals surface area (Å²) in [7, 11) is 0. The first-order valence-corrected chi connectivity index (χ1v) is 7.03. The number of ether oxygens (including phenoxy) is 2. The van der Waals surface area contributed by atoms with Crippen LogP contribution in [0.3, 0.4) is 0 Å². The molecule has 0 aromatic carbocycles. The van der Waals surface area contributed by atoms with E-state index in [1.54, 1.807) is 0 Å². The molecule has 5 heteroatoms. The molecule has 0 amide bonds. The average molecular weight is 262 g/mol. The van der Waals surface area contributed by atoms with Crippen LogP contribution in [0.15, 0.2) is 0 Å².